The van der Waals surface area contributed by atoms with Crippen molar-refractivity contribution < 1.29 is 14.2 Å². The van der Waals surface area contributed by atoms with E-state index in [2.05, 4.69) is 22.1 Å². The normalized spacial score (nSPS) is 11.4. The molecule has 0 aliphatic carbocycles. The van der Waals surface area contributed by atoms with Crippen LogP contribution in [0.4, 0.5) is 0 Å². The second kappa shape index (κ2) is 14.5. The summed E-state index contributed by atoms with van der Waals surface area (Å²) in [7, 11) is 3.71. The molecule has 0 heterocycles. The zero-order valence-corrected chi connectivity index (χ0v) is 15.9. The van der Waals surface area contributed by atoms with Gasteiger partial charge in [-0.05, 0) is 31.9 Å². The molecule has 0 saturated carbocycles. The minimum atomic E-state index is 0.623. The average molecular weight is 351 g/mol. The number of para-hydroxylation sites is 1. The highest BCUT2D eigenvalue weighted by atomic mass is 16.5. The molecule has 0 saturated heterocycles. The first-order chi connectivity index (χ1) is 12.3. The summed E-state index contributed by atoms with van der Waals surface area (Å²) in [5.74, 6) is 1.81. The van der Waals surface area contributed by atoms with Gasteiger partial charge in [-0.3, -0.25) is 4.99 Å². The molecule has 6 heteroatoms. The third-order valence-electron chi connectivity index (χ3n) is 3.53. The number of methoxy groups -OCH3 is 1. The topological polar surface area (TPSA) is 55.3 Å². The van der Waals surface area contributed by atoms with Gasteiger partial charge < -0.3 is 24.4 Å². The van der Waals surface area contributed by atoms with Gasteiger partial charge in [0.1, 0.15) is 12.4 Å². The van der Waals surface area contributed by atoms with Gasteiger partial charge in [-0.15, -0.1) is 0 Å². The van der Waals surface area contributed by atoms with Gasteiger partial charge in [0.05, 0.1) is 19.8 Å². The van der Waals surface area contributed by atoms with Crippen LogP contribution in [0, 0.1) is 0 Å². The molecule has 1 N–H and O–H groups in total. The minimum absolute atomic E-state index is 0.623. The number of guanidine groups is 1. The Kier molecular flexibility index (Phi) is 12.4. The highest BCUT2D eigenvalue weighted by Crippen LogP contribution is 2.07. The molecule has 0 amide bonds. The van der Waals surface area contributed by atoms with Crippen molar-refractivity contribution >= 4 is 5.96 Å². The van der Waals surface area contributed by atoms with Crippen molar-refractivity contribution in [2.24, 2.45) is 4.99 Å². The fourth-order valence-electron chi connectivity index (χ4n) is 2.14. The van der Waals surface area contributed by atoms with Crippen LogP contribution in [-0.2, 0) is 9.47 Å². The molecule has 0 bridgehead atoms. The highest BCUT2D eigenvalue weighted by Gasteiger charge is 2.05. The van der Waals surface area contributed by atoms with Crippen LogP contribution in [0.1, 0.15) is 19.8 Å². The minimum Gasteiger partial charge on any atom is -0.492 e. The number of rotatable bonds is 13. The fourth-order valence-corrected chi connectivity index (χ4v) is 2.14. The number of nitrogens with one attached hydrogen (secondary N) is 1. The summed E-state index contributed by atoms with van der Waals surface area (Å²) in [5, 5.41) is 3.32. The highest BCUT2D eigenvalue weighted by molar-refractivity contribution is 5.79. The second-order valence-corrected chi connectivity index (χ2v) is 5.63. The van der Waals surface area contributed by atoms with Gasteiger partial charge in [0.2, 0.25) is 0 Å². The van der Waals surface area contributed by atoms with E-state index in [4.69, 9.17) is 14.2 Å². The summed E-state index contributed by atoms with van der Waals surface area (Å²) < 4.78 is 16.1. The first-order valence-electron chi connectivity index (χ1n) is 9.02. The number of benzene rings is 1. The van der Waals surface area contributed by atoms with Crippen LogP contribution in [-0.4, -0.2) is 71.1 Å². The lowest BCUT2D eigenvalue weighted by molar-refractivity contribution is 0.0690. The van der Waals surface area contributed by atoms with Crippen molar-refractivity contribution in [2.75, 3.05) is 60.2 Å². The van der Waals surface area contributed by atoms with Crippen molar-refractivity contribution in [2.45, 2.75) is 19.8 Å². The number of unbranched alkanes of at least 4 members (excludes halogenated alkanes) is 1. The molecular weight excluding hydrogens is 318 g/mol. The first-order valence-corrected chi connectivity index (χ1v) is 9.02. The molecule has 0 atom stereocenters. The summed E-state index contributed by atoms with van der Waals surface area (Å²) in [6, 6.07) is 9.87. The van der Waals surface area contributed by atoms with Gasteiger partial charge in [-0.2, -0.15) is 0 Å². The molecule has 25 heavy (non-hydrogen) atoms. The molecule has 0 aliphatic rings. The van der Waals surface area contributed by atoms with Crippen LogP contribution < -0.4 is 10.1 Å². The molecular formula is C19H33N3O3. The van der Waals surface area contributed by atoms with Gasteiger partial charge in [0.25, 0.3) is 0 Å². The Morgan fingerprint density at radius 1 is 1.08 bits per heavy atom. The number of hydrogen-bond acceptors (Lipinski definition) is 4. The average Bonchev–Trinajstić information content (AvgIpc) is 2.63. The number of ether oxygens (including phenoxy) is 3. The molecule has 6 nitrogen and oxygen atoms in total. The lowest BCUT2D eigenvalue weighted by atomic mass is 10.3. The van der Waals surface area contributed by atoms with Crippen LogP contribution in [0.25, 0.3) is 0 Å². The van der Waals surface area contributed by atoms with E-state index in [1.807, 2.05) is 37.4 Å². The summed E-state index contributed by atoms with van der Waals surface area (Å²) in [5.41, 5.74) is 0. The Hall–Kier alpha value is -1.79. The second-order valence-electron chi connectivity index (χ2n) is 5.63. The van der Waals surface area contributed by atoms with Crippen molar-refractivity contribution in [1.29, 1.82) is 0 Å². The van der Waals surface area contributed by atoms with Crippen LogP contribution in [0.15, 0.2) is 35.3 Å². The SMILES string of the molecule is CCNC(=NCCCCOCCOC)N(C)CCOc1ccccc1. The molecule has 0 unspecified atom stereocenters. The molecule has 142 valence electrons. The lowest BCUT2D eigenvalue weighted by Crippen LogP contribution is -2.41. The smallest absolute Gasteiger partial charge is 0.193 e. The van der Waals surface area contributed by atoms with E-state index in [9.17, 15) is 0 Å². The summed E-state index contributed by atoms with van der Waals surface area (Å²) in [6.07, 6.45) is 2.02. The van der Waals surface area contributed by atoms with Gasteiger partial charge in [-0.25, -0.2) is 0 Å². The van der Waals surface area contributed by atoms with E-state index >= 15 is 0 Å². The Morgan fingerprint density at radius 3 is 2.60 bits per heavy atom. The zero-order valence-electron chi connectivity index (χ0n) is 15.9. The summed E-state index contributed by atoms with van der Waals surface area (Å²) in [4.78, 5) is 6.77. The van der Waals surface area contributed by atoms with E-state index in [0.29, 0.717) is 19.8 Å². The monoisotopic (exact) mass is 351 g/mol. The van der Waals surface area contributed by atoms with Crippen LogP contribution >= 0.6 is 0 Å². The molecule has 1 rings (SSSR count). The molecule has 0 aromatic heterocycles. The van der Waals surface area contributed by atoms with Crippen LogP contribution in [0.2, 0.25) is 0 Å². The number of likely N-dealkylation sites (N-methyl/N-ethyl adjacent to an activating group) is 1. The van der Waals surface area contributed by atoms with E-state index < -0.39 is 0 Å². The summed E-state index contributed by atoms with van der Waals surface area (Å²) in [6.45, 7) is 7.19. The molecule has 1 aromatic rings. The van der Waals surface area contributed by atoms with Crippen molar-refractivity contribution in [1.82, 2.24) is 10.2 Å². The maximum atomic E-state index is 5.74. The van der Waals surface area contributed by atoms with Gasteiger partial charge in [0, 0.05) is 33.9 Å². The fraction of sp³-hybridized carbons (Fsp3) is 0.632. The van der Waals surface area contributed by atoms with Crippen molar-refractivity contribution in [3.63, 3.8) is 0 Å². The third kappa shape index (κ3) is 10.6. The molecule has 0 fully saturated rings. The largest absolute Gasteiger partial charge is 0.492 e. The van der Waals surface area contributed by atoms with E-state index in [1.165, 1.54) is 0 Å². The molecule has 0 spiro atoms. The maximum absolute atomic E-state index is 5.74. The predicted molar refractivity (Wildman–Crippen MR) is 102 cm³/mol. The number of hydrogen-bond donors (Lipinski definition) is 1. The molecule has 0 aliphatic heterocycles. The van der Waals surface area contributed by atoms with E-state index in [1.54, 1.807) is 7.11 Å². The number of aliphatic imine (C=N–C) groups is 1. The van der Waals surface area contributed by atoms with E-state index in [0.717, 1.165) is 50.8 Å². The molecule has 1 aromatic carbocycles. The quantitative estimate of drug-likeness (QED) is 0.336. The Balaban J connectivity index is 2.23. The lowest BCUT2D eigenvalue weighted by Gasteiger charge is -2.22. The predicted octanol–water partition coefficient (Wildman–Crippen LogP) is 2.41. The van der Waals surface area contributed by atoms with Gasteiger partial charge in [0.15, 0.2) is 5.96 Å². The molecule has 0 radical (unpaired) electrons. The Bertz CT molecular complexity index is 454. The zero-order chi connectivity index (χ0) is 18.2. The third-order valence-corrected chi connectivity index (χ3v) is 3.53. The van der Waals surface area contributed by atoms with Gasteiger partial charge >= 0.3 is 0 Å². The standard InChI is InChI=1S/C19H33N3O3/c1-4-20-19(21-12-8-9-14-24-17-16-23-3)22(2)13-15-25-18-10-6-5-7-11-18/h5-7,10-11H,4,8-9,12-17H2,1-3H3,(H,20,21). The van der Waals surface area contributed by atoms with Crippen LogP contribution in [0.5, 0.6) is 5.75 Å². The first kappa shape index (κ1) is 21.3. The van der Waals surface area contributed by atoms with Crippen molar-refractivity contribution in [3.05, 3.63) is 30.3 Å². The van der Waals surface area contributed by atoms with E-state index in [-0.39, 0.29) is 0 Å². The van der Waals surface area contributed by atoms with Gasteiger partial charge in [-0.1, -0.05) is 18.2 Å². The summed E-state index contributed by atoms with van der Waals surface area (Å²) >= 11 is 0. The Labute approximate surface area is 152 Å². The Morgan fingerprint density at radius 2 is 1.88 bits per heavy atom. The number of nitrogens with zero attached hydrogens (tertiary/aromatic N) is 2. The van der Waals surface area contributed by atoms with Crippen LogP contribution in [0.3, 0.4) is 0 Å². The maximum Gasteiger partial charge on any atom is 0.193 e. The van der Waals surface area contributed by atoms with Crippen molar-refractivity contribution in [3.8, 4) is 5.75 Å².